The van der Waals surface area contributed by atoms with E-state index in [9.17, 15) is 19.5 Å². The van der Waals surface area contributed by atoms with Crippen molar-refractivity contribution in [2.75, 3.05) is 6.79 Å². The SMILES string of the molecule is CC1(C)C(=O)N([C@@H]2C3CC4C[C@H]2C(CC(=O)O)[C@@](C(N)=O)(C4)C3)C1c1cccc2c1OCO2. The maximum absolute atomic E-state index is 13.6. The highest BCUT2D eigenvalue weighted by atomic mass is 16.7. The van der Waals surface area contributed by atoms with E-state index >= 15 is 0 Å². The standard InChI is InChI=1S/C25H30N2O6/c1-24(2)21(14-4-3-5-17-20(14)33-11-32-17)27(23(24)31)19-13-6-12-7-15(19)16(8-18(28)29)25(9-12,10-13)22(26)30/h3-5,12-13,15-16,19,21H,6-11H2,1-2H3,(H2,26,30)(H,28,29)/t12?,13?,15-,16?,19+,21?,25+/m0/s1. The van der Waals surface area contributed by atoms with Crippen LogP contribution in [0.15, 0.2) is 18.2 Å². The van der Waals surface area contributed by atoms with Crippen molar-refractivity contribution in [2.24, 2.45) is 40.2 Å². The predicted molar refractivity (Wildman–Crippen MR) is 116 cm³/mol. The van der Waals surface area contributed by atoms with Gasteiger partial charge in [0.25, 0.3) is 0 Å². The molecule has 4 bridgehead atoms. The lowest BCUT2D eigenvalue weighted by Crippen LogP contribution is -2.73. The summed E-state index contributed by atoms with van der Waals surface area (Å²) in [4.78, 5) is 40.1. The van der Waals surface area contributed by atoms with E-state index in [0.717, 1.165) is 18.4 Å². The molecule has 6 aliphatic rings. The van der Waals surface area contributed by atoms with Crippen molar-refractivity contribution in [1.82, 2.24) is 4.90 Å². The zero-order valence-electron chi connectivity index (χ0n) is 19.0. The molecule has 0 radical (unpaired) electrons. The molecule has 176 valence electrons. The maximum Gasteiger partial charge on any atom is 0.303 e. The average Bonchev–Trinajstić information content (AvgIpc) is 3.24. The van der Waals surface area contributed by atoms with Crippen molar-refractivity contribution >= 4 is 17.8 Å². The fraction of sp³-hybridized carbons (Fsp3) is 0.640. The van der Waals surface area contributed by atoms with Crippen LogP contribution in [0.1, 0.15) is 57.6 Å². The molecule has 0 spiro atoms. The van der Waals surface area contributed by atoms with E-state index < -0.39 is 16.8 Å². The molecular weight excluding hydrogens is 424 g/mol. The summed E-state index contributed by atoms with van der Waals surface area (Å²) in [5.41, 5.74) is 5.49. The van der Waals surface area contributed by atoms with Gasteiger partial charge in [-0.15, -0.1) is 0 Å². The number of nitrogens with zero attached hydrogens (tertiary/aromatic N) is 1. The molecule has 2 aliphatic heterocycles. The number of aliphatic carboxylic acids is 1. The molecule has 4 saturated carbocycles. The molecule has 0 aromatic heterocycles. The number of β-lactam (4-membered cyclic amide) rings is 1. The van der Waals surface area contributed by atoms with Crippen LogP contribution >= 0.6 is 0 Å². The first kappa shape index (κ1) is 20.8. The highest BCUT2D eigenvalue weighted by Crippen LogP contribution is 2.67. The quantitative estimate of drug-likeness (QED) is 0.661. The lowest BCUT2D eigenvalue weighted by Gasteiger charge is -2.68. The van der Waals surface area contributed by atoms with Gasteiger partial charge in [-0.1, -0.05) is 12.1 Å². The Morgan fingerprint density at radius 2 is 2.00 bits per heavy atom. The summed E-state index contributed by atoms with van der Waals surface area (Å²) in [6.45, 7) is 4.08. The average molecular weight is 455 g/mol. The molecular formula is C25H30N2O6. The van der Waals surface area contributed by atoms with E-state index in [1.807, 2.05) is 36.9 Å². The van der Waals surface area contributed by atoms with Crippen molar-refractivity contribution in [2.45, 2.75) is 58.0 Å². The zero-order chi connectivity index (χ0) is 23.3. The number of ether oxygens (including phenoxy) is 2. The van der Waals surface area contributed by atoms with Crippen molar-refractivity contribution < 1.29 is 29.0 Å². The summed E-state index contributed by atoms with van der Waals surface area (Å²) < 4.78 is 11.4. The number of para-hydroxylation sites is 1. The van der Waals surface area contributed by atoms with E-state index in [1.54, 1.807) is 0 Å². The molecule has 8 nitrogen and oxygen atoms in total. The van der Waals surface area contributed by atoms with Crippen LogP contribution < -0.4 is 15.2 Å². The predicted octanol–water partition coefficient (Wildman–Crippen LogP) is 2.71. The lowest BCUT2D eigenvalue weighted by atomic mass is 9.42. The molecule has 33 heavy (non-hydrogen) atoms. The molecule has 2 heterocycles. The van der Waals surface area contributed by atoms with Gasteiger partial charge >= 0.3 is 5.97 Å². The fourth-order valence-corrected chi connectivity index (χ4v) is 8.30. The Balaban J connectivity index is 1.43. The van der Waals surface area contributed by atoms with E-state index in [4.69, 9.17) is 15.2 Å². The second-order valence-electron chi connectivity index (χ2n) is 11.3. The number of amides is 2. The van der Waals surface area contributed by atoms with E-state index in [0.29, 0.717) is 30.3 Å². The maximum atomic E-state index is 13.6. The first-order chi connectivity index (χ1) is 15.6. The Kier molecular flexibility index (Phi) is 4.19. The number of carboxylic acids is 1. The largest absolute Gasteiger partial charge is 0.481 e. The molecule has 1 aromatic carbocycles. The van der Waals surface area contributed by atoms with Crippen LogP contribution in [0.4, 0.5) is 0 Å². The number of hydrogen-bond acceptors (Lipinski definition) is 5. The number of fused-ring (bicyclic) bond motifs is 1. The molecule has 4 unspecified atom stereocenters. The normalized spacial score (nSPS) is 39.5. The number of carbonyl (C=O) groups is 3. The van der Waals surface area contributed by atoms with Gasteiger partial charge in [-0.25, -0.2) is 0 Å². The van der Waals surface area contributed by atoms with Gasteiger partial charge in [0.1, 0.15) is 0 Å². The summed E-state index contributed by atoms with van der Waals surface area (Å²) in [5, 5.41) is 9.70. The number of carboxylic acid groups (broad SMARTS) is 1. The third-order valence-corrected chi connectivity index (χ3v) is 9.34. The number of rotatable bonds is 5. The number of nitrogens with two attached hydrogens (primary N) is 1. The van der Waals surface area contributed by atoms with Crippen LogP contribution in [0.25, 0.3) is 0 Å². The Labute approximate surface area is 192 Å². The van der Waals surface area contributed by atoms with E-state index in [2.05, 4.69) is 0 Å². The van der Waals surface area contributed by atoms with E-state index in [-0.39, 0.29) is 54.9 Å². The minimum Gasteiger partial charge on any atom is -0.481 e. The second kappa shape index (κ2) is 6.64. The van der Waals surface area contributed by atoms with Gasteiger partial charge in [-0.3, -0.25) is 14.4 Å². The Bertz CT molecular complexity index is 1070. The van der Waals surface area contributed by atoms with Crippen LogP contribution in [0, 0.1) is 34.5 Å². The smallest absolute Gasteiger partial charge is 0.303 e. The van der Waals surface area contributed by atoms with Gasteiger partial charge in [0.2, 0.25) is 18.6 Å². The molecule has 7 atom stereocenters. The van der Waals surface area contributed by atoms with Gasteiger partial charge in [0.05, 0.1) is 16.9 Å². The summed E-state index contributed by atoms with van der Waals surface area (Å²) in [5.74, 6) is 0.287. The Hall–Kier alpha value is -2.77. The fourth-order valence-electron chi connectivity index (χ4n) is 8.30. The summed E-state index contributed by atoms with van der Waals surface area (Å²) in [7, 11) is 0. The monoisotopic (exact) mass is 454 g/mol. The van der Waals surface area contributed by atoms with Crippen molar-refractivity contribution in [3.8, 4) is 11.5 Å². The minimum absolute atomic E-state index is 0.0451. The topological polar surface area (TPSA) is 119 Å². The Morgan fingerprint density at radius 3 is 2.73 bits per heavy atom. The molecule has 3 N–H and O–H groups in total. The molecule has 2 amide bonds. The summed E-state index contributed by atoms with van der Waals surface area (Å²) in [6.07, 6.45) is 2.97. The number of carbonyl (C=O) groups excluding carboxylic acids is 2. The number of primary amides is 1. The summed E-state index contributed by atoms with van der Waals surface area (Å²) in [6, 6.07) is 5.49. The first-order valence-electron chi connectivity index (χ1n) is 11.9. The van der Waals surface area contributed by atoms with Gasteiger partial charge in [-0.05, 0) is 69.3 Å². The van der Waals surface area contributed by atoms with Crippen LogP contribution in [-0.4, -0.2) is 40.6 Å². The van der Waals surface area contributed by atoms with Crippen LogP contribution in [0.5, 0.6) is 11.5 Å². The highest BCUT2D eigenvalue weighted by molar-refractivity contribution is 5.91. The number of benzene rings is 1. The third-order valence-electron chi connectivity index (χ3n) is 9.34. The zero-order valence-corrected chi connectivity index (χ0v) is 19.0. The van der Waals surface area contributed by atoms with Gasteiger partial charge < -0.3 is 25.2 Å². The molecule has 5 fully saturated rings. The van der Waals surface area contributed by atoms with Crippen molar-refractivity contribution in [1.29, 1.82) is 0 Å². The Morgan fingerprint density at radius 1 is 1.21 bits per heavy atom. The van der Waals surface area contributed by atoms with E-state index in [1.165, 1.54) is 0 Å². The van der Waals surface area contributed by atoms with Gasteiger partial charge in [0, 0.05) is 18.0 Å². The third kappa shape index (κ3) is 2.60. The van der Waals surface area contributed by atoms with Crippen LogP contribution in [0.2, 0.25) is 0 Å². The summed E-state index contributed by atoms with van der Waals surface area (Å²) >= 11 is 0. The number of hydrogen-bond donors (Lipinski definition) is 2. The minimum atomic E-state index is -0.912. The molecule has 7 rings (SSSR count). The number of likely N-dealkylation sites (tertiary alicyclic amines) is 1. The van der Waals surface area contributed by atoms with Crippen LogP contribution in [0.3, 0.4) is 0 Å². The lowest BCUT2D eigenvalue weighted by molar-refractivity contribution is -0.211. The van der Waals surface area contributed by atoms with Crippen molar-refractivity contribution in [3.63, 3.8) is 0 Å². The van der Waals surface area contributed by atoms with Crippen molar-refractivity contribution in [3.05, 3.63) is 23.8 Å². The molecule has 8 heteroatoms. The first-order valence-corrected chi connectivity index (χ1v) is 11.9. The van der Waals surface area contributed by atoms with Gasteiger partial charge in [-0.2, -0.15) is 0 Å². The van der Waals surface area contributed by atoms with Gasteiger partial charge in [0.15, 0.2) is 11.5 Å². The highest BCUT2D eigenvalue weighted by Gasteiger charge is 2.69. The van der Waals surface area contributed by atoms with Crippen LogP contribution in [-0.2, 0) is 14.4 Å². The molecule has 1 saturated heterocycles. The molecule has 4 aliphatic carbocycles. The second-order valence-corrected chi connectivity index (χ2v) is 11.3. The molecule has 1 aromatic rings.